The SMILES string of the molecule is Cc1ncc(C(=O)Nc2cc([N+](=O)[O-])ccc2C)c(C)n1. The average molecular weight is 286 g/mol. The van der Waals surface area contributed by atoms with Crippen molar-refractivity contribution in [3.8, 4) is 0 Å². The Morgan fingerprint density at radius 2 is 2.00 bits per heavy atom. The predicted octanol–water partition coefficient (Wildman–Crippen LogP) is 2.56. The zero-order chi connectivity index (χ0) is 15.6. The van der Waals surface area contributed by atoms with Crippen LogP contribution in [0.3, 0.4) is 0 Å². The minimum atomic E-state index is -0.505. The van der Waals surface area contributed by atoms with Gasteiger partial charge in [-0.25, -0.2) is 9.97 Å². The Morgan fingerprint density at radius 3 is 2.62 bits per heavy atom. The molecule has 108 valence electrons. The first-order chi connectivity index (χ1) is 9.88. The van der Waals surface area contributed by atoms with E-state index in [1.165, 1.54) is 18.3 Å². The van der Waals surface area contributed by atoms with Crippen LogP contribution in [0, 0.1) is 30.9 Å². The van der Waals surface area contributed by atoms with E-state index in [2.05, 4.69) is 15.3 Å². The first kappa shape index (κ1) is 14.6. The van der Waals surface area contributed by atoms with Gasteiger partial charge in [-0.1, -0.05) is 6.07 Å². The molecule has 0 unspecified atom stereocenters. The molecule has 0 aliphatic heterocycles. The van der Waals surface area contributed by atoms with E-state index in [-0.39, 0.29) is 5.69 Å². The van der Waals surface area contributed by atoms with Crippen molar-refractivity contribution < 1.29 is 9.72 Å². The number of hydrogen-bond acceptors (Lipinski definition) is 5. The van der Waals surface area contributed by atoms with E-state index in [0.29, 0.717) is 22.8 Å². The molecule has 0 aliphatic carbocycles. The third-order valence-electron chi connectivity index (χ3n) is 3.02. The van der Waals surface area contributed by atoms with Crippen molar-refractivity contribution in [1.29, 1.82) is 0 Å². The standard InChI is InChI=1S/C14H14N4O3/c1-8-4-5-11(18(20)21)6-13(8)17-14(19)12-7-15-10(3)16-9(12)2/h4-7H,1-3H3,(H,17,19). The van der Waals surface area contributed by atoms with Crippen molar-refractivity contribution in [2.45, 2.75) is 20.8 Å². The second-order valence-corrected chi connectivity index (χ2v) is 4.63. The number of aromatic nitrogens is 2. The van der Waals surface area contributed by atoms with Gasteiger partial charge in [-0.3, -0.25) is 14.9 Å². The molecule has 0 saturated heterocycles. The minimum Gasteiger partial charge on any atom is -0.321 e. The van der Waals surface area contributed by atoms with E-state index in [1.807, 2.05) is 0 Å². The lowest BCUT2D eigenvalue weighted by molar-refractivity contribution is -0.384. The Morgan fingerprint density at radius 1 is 1.29 bits per heavy atom. The average Bonchev–Trinajstić information content (AvgIpc) is 2.40. The van der Waals surface area contributed by atoms with E-state index in [4.69, 9.17) is 0 Å². The van der Waals surface area contributed by atoms with Crippen LogP contribution in [0.1, 0.15) is 27.4 Å². The first-order valence-electron chi connectivity index (χ1n) is 6.25. The van der Waals surface area contributed by atoms with Gasteiger partial charge in [-0.2, -0.15) is 0 Å². The predicted molar refractivity (Wildman–Crippen MR) is 77.3 cm³/mol. The number of nitrogens with zero attached hydrogens (tertiary/aromatic N) is 3. The summed E-state index contributed by atoms with van der Waals surface area (Å²) in [5.74, 6) is 0.187. The number of aryl methyl sites for hydroxylation is 3. The molecule has 0 saturated carbocycles. The zero-order valence-electron chi connectivity index (χ0n) is 11.9. The second-order valence-electron chi connectivity index (χ2n) is 4.63. The van der Waals surface area contributed by atoms with Gasteiger partial charge in [0.25, 0.3) is 11.6 Å². The number of anilines is 1. The van der Waals surface area contributed by atoms with Gasteiger partial charge in [-0.05, 0) is 26.3 Å². The number of rotatable bonds is 3. The van der Waals surface area contributed by atoms with Crippen molar-refractivity contribution in [2.24, 2.45) is 0 Å². The van der Waals surface area contributed by atoms with Crippen LogP contribution in [0.4, 0.5) is 11.4 Å². The third-order valence-corrected chi connectivity index (χ3v) is 3.02. The largest absolute Gasteiger partial charge is 0.321 e. The molecular weight excluding hydrogens is 272 g/mol. The van der Waals surface area contributed by atoms with Gasteiger partial charge < -0.3 is 5.32 Å². The molecule has 0 fully saturated rings. The van der Waals surface area contributed by atoms with Crippen LogP contribution in [0.15, 0.2) is 24.4 Å². The third kappa shape index (κ3) is 3.19. The summed E-state index contributed by atoms with van der Waals surface area (Å²) in [5.41, 5.74) is 1.95. The van der Waals surface area contributed by atoms with Crippen LogP contribution in [0.5, 0.6) is 0 Å². The van der Waals surface area contributed by atoms with Gasteiger partial charge in [0.2, 0.25) is 0 Å². The molecule has 1 aromatic carbocycles. The van der Waals surface area contributed by atoms with Crippen molar-refractivity contribution in [1.82, 2.24) is 9.97 Å². The molecule has 0 atom stereocenters. The fourth-order valence-corrected chi connectivity index (χ4v) is 1.85. The van der Waals surface area contributed by atoms with Crippen molar-refractivity contribution in [3.05, 3.63) is 57.2 Å². The van der Waals surface area contributed by atoms with Gasteiger partial charge in [0, 0.05) is 18.3 Å². The van der Waals surface area contributed by atoms with E-state index in [1.54, 1.807) is 26.8 Å². The Balaban J connectivity index is 2.31. The quantitative estimate of drug-likeness (QED) is 0.690. The molecule has 7 nitrogen and oxygen atoms in total. The summed E-state index contributed by atoms with van der Waals surface area (Å²) < 4.78 is 0. The maximum Gasteiger partial charge on any atom is 0.271 e. The van der Waals surface area contributed by atoms with Crippen LogP contribution in [0.2, 0.25) is 0 Å². The molecule has 1 amide bonds. The molecule has 7 heteroatoms. The molecular formula is C14H14N4O3. The lowest BCUT2D eigenvalue weighted by Crippen LogP contribution is -2.16. The van der Waals surface area contributed by atoms with Crippen LogP contribution in [0.25, 0.3) is 0 Å². The molecule has 1 heterocycles. The number of nitrogens with one attached hydrogen (secondary N) is 1. The van der Waals surface area contributed by atoms with Gasteiger partial charge in [-0.15, -0.1) is 0 Å². The Hall–Kier alpha value is -2.83. The molecule has 0 spiro atoms. The van der Waals surface area contributed by atoms with Gasteiger partial charge in [0.05, 0.1) is 21.9 Å². The number of nitro groups is 1. The van der Waals surface area contributed by atoms with Crippen LogP contribution in [-0.2, 0) is 0 Å². The normalized spacial score (nSPS) is 10.2. The number of carbonyl (C=O) groups is 1. The molecule has 2 rings (SSSR count). The Bertz CT molecular complexity index is 728. The number of carbonyl (C=O) groups excluding carboxylic acids is 1. The molecule has 0 bridgehead atoms. The topological polar surface area (TPSA) is 98.0 Å². The summed E-state index contributed by atoms with van der Waals surface area (Å²) in [5, 5.41) is 13.4. The van der Waals surface area contributed by atoms with Gasteiger partial charge in [0.15, 0.2) is 0 Å². The fourth-order valence-electron chi connectivity index (χ4n) is 1.85. The Labute approximate surface area is 121 Å². The van der Waals surface area contributed by atoms with Crippen LogP contribution < -0.4 is 5.32 Å². The highest BCUT2D eigenvalue weighted by Crippen LogP contribution is 2.22. The fraction of sp³-hybridized carbons (Fsp3) is 0.214. The highest BCUT2D eigenvalue weighted by molar-refractivity contribution is 6.05. The summed E-state index contributed by atoms with van der Waals surface area (Å²) in [7, 11) is 0. The summed E-state index contributed by atoms with van der Waals surface area (Å²) in [6, 6.07) is 4.31. The highest BCUT2D eigenvalue weighted by Gasteiger charge is 2.14. The molecule has 1 N–H and O–H groups in total. The van der Waals surface area contributed by atoms with E-state index >= 15 is 0 Å². The number of non-ortho nitro benzene ring substituents is 1. The maximum atomic E-state index is 12.2. The smallest absolute Gasteiger partial charge is 0.271 e. The number of amides is 1. The number of nitro benzene ring substituents is 1. The summed E-state index contributed by atoms with van der Waals surface area (Å²) in [6.45, 7) is 5.21. The maximum absolute atomic E-state index is 12.2. The highest BCUT2D eigenvalue weighted by atomic mass is 16.6. The lowest BCUT2D eigenvalue weighted by atomic mass is 10.1. The van der Waals surface area contributed by atoms with Crippen molar-refractivity contribution in [3.63, 3.8) is 0 Å². The van der Waals surface area contributed by atoms with E-state index < -0.39 is 10.8 Å². The molecule has 1 aromatic heterocycles. The first-order valence-corrected chi connectivity index (χ1v) is 6.25. The van der Waals surface area contributed by atoms with Crippen LogP contribution in [-0.4, -0.2) is 20.8 Å². The molecule has 0 aliphatic rings. The molecule has 21 heavy (non-hydrogen) atoms. The van der Waals surface area contributed by atoms with E-state index in [0.717, 1.165) is 5.56 Å². The van der Waals surface area contributed by atoms with Crippen molar-refractivity contribution >= 4 is 17.3 Å². The van der Waals surface area contributed by atoms with Crippen LogP contribution >= 0.6 is 0 Å². The zero-order valence-corrected chi connectivity index (χ0v) is 11.9. The summed E-state index contributed by atoms with van der Waals surface area (Å²) in [6.07, 6.45) is 1.44. The molecule has 2 aromatic rings. The summed E-state index contributed by atoms with van der Waals surface area (Å²) >= 11 is 0. The van der Waals surface area contributed by atoms with E-state index in [9.17, 15) is 14.9 Å². The summed E-state index contributed by atoms with van der Waals surface area (Å²) in [4.78, 5) is 30.6. The lowest BCUT2D eigenvalue weighted by Gasteiger charge is -2.09. The number of benzene rings is 1. The minimum absolute atomic E-state index is 0.0761. The second kappa shape index (κ2) is 5.66. The number of hydrogen-bond donors (Lipinski definition) is 1. The monoisotopic (exact) mass is 286 g/mol. The Kier molecular flexibility index (Phi) is 3.93. The van der Waals surface area contributed by atoms with Gasteiger partial charge in [0.1, 0.15) is 5.82 Å². The van der Waals surface area contributed by atoms with Crippen molar-refractivity contribution in [2.75, 3.05) is 5.32 Å². The molecule has 0 radical (unpaired) electrons. The van der Waals surface area contributed by atoms with Gasteiger partial charge >= 0.3 is 0 Å².